The van der Waals surface area contributed by atoms with Crippen LogP contribution < -0.4 is 10.5 Å². The number of nitrogens with zero attached hydrogens (tertiary/aromatic N) is 1. The van der Waals surface area contributed by atoms with Crippen LogP contribution in [0.5, 0.6) is 0 Å². The average Bonchev–Trinajstić information content (AvgIpc) is 2.36. The van der Waals surface area contributed by atoms with Gasteiger partial charge in [0.2, 0.25) is 0 Å². The van der Waals surface area contributed by atoms with Gasteiger partial charge >= 0.3 is 0 Å². The van der Waals surface area contributed by atoms with Gasteiger partial charge in [-0.25, -0.2) is 13.4 Å². The number of aryl methyl sites for hydroxylation is 2. The molecule has 0 bridgehead atoms. The van der Waals surface area contributed by atoms with E-state index in [1.54, 1.807) is 32.2 Å². The van der Waals surface area contributed by atoms with Crippen molar-refractivity contribution >= 4 is 37.5 Å². The van der Waals surface area contributed by atoms with E-state index < -0.39 is 10.0 Å². The molecule has 7 heteroatoms. The van der Waals surface area contributed by atoms with Gasteiger partial charge in [-0.2, -0.15) is 0 Å². The summed E-state index contributed by atoms with van der Waals surface area (Å²) in [6.45, 7) is 3.54. The van der Waals surface area contributed by atoms with Crippen LogP contribution in [0.1, 0.15) is 11.1 Å². The summed E-state index contributed by atoms with van der Waals surface area (Å²) in [5.41, 5.74) is 7.70. The number of benzene rings is 1. The van der Waals surface area contributed by atoms with Gasteiger partial charge in [0.25, 0.3) is 10.0 Å². The third kappa shape index (κ3) is 3.10. The monoisotopic (exact) mass is 355 g/mol. The van der Waals surface area contributed by atoms with Crippen molar-refractivity contribution in [2.24, 2.45) is 0 Å². The van der Waals surface area contributed by atoms with Gasteiger partial charge in [0.15, 0.2) is 0 Å². The lowest BCUT2D eigenvalue weighted by molar-refractivity contribution is 0.601. The van der Waals surface area contributed by atoms with E-state index in [4.69, 9.17) is 5.73 Å². The number of sulfonamides is 1. The second kappa shape index (κ2) is 5.41. The van der Waals surface area contributed by atoms with Gasteiger partial charge in [-0.1, -0.05) is 0 Å². The van der Waals surface area contributed by atoms with Crippen molar-refractivity contribution in [3.8, 4) is 0 Å². The molecule has 1 heterocycles. The smallest absolute Gasteiger partial charge is 0.263 e. The van der Waals surface area contributed by atoms with Crippen LogP contribution in [0.15, 0.2) is 39.8 Å². The summed E-state index contributed by atoms with van der Waals surface area (Å²) in [6, 6.07) is 6.37. The summed E-state index contributed by atoms with van der Waals surface area (Å²) in [6.07, 6.45) is 1.54. The Kier molecular flexibility index (Phi) is 4.01. The van der Waals surface area contributed by atoms with Crippen LogP contribution in [0, 0.1) is 13.8 Å². The third-order valence-electron chi connectivity index (χ3n) is 2.83. The minimum atomic E-state index is -3.67. The zero-order valence-corrected chi connectivity index (χ0v) is 13.4. The van der Waals surface area contributed by atoms with Crippen LogP contribution in [0.4, 0.5) is 11.5 Å². The highest BCUT2D eigenvalue weighted by Crippen LogP contribution is 2.22. The molecule has 1 aromatic carbocycles. The highest BCUT2D eigenvalue weighted by atomic mass is 79.9. The normalized spacial score (nSPS) is 11.3. The predicted molar refractivity (Wildman–Crippen MR) is 83.1 cm³/mol. The first-order valence-corrected chi connectivity index (χ1v) is 8.08. The summed E-state index contributed by atoms with van der Waals surface area (Å²) in [4.78, 5) is 4.23. The third-order valence-corrected chi connectivity index (χ3v) is 4.60. The molecule has 0 saturated carbocycles. The first-order chi connectivity index (χ1) is 9.29. The highest BCUT2D eigenvalue weighted by molar-refractivity contribution is 9.10. The Hall–Kier alpha value is -1.60. The van der Waals surface area contributed by atoms with Gasteiger partial charge < -0.3 is 5.73 Å². The minimum absolute atomic E-state index is 0.160. The van der Waals surface area contributed by atoms with Crippen LogP contribution in [0.2, 0.25) is 0 Å². The molecular formula is C13H14BrN3O2S. The van der Waals surface area contributed by atoms with Gasteiger partial charge in [0.1, 0.15) is 5.82 Å². The number of rotatable bonds is 3. The molecule has 0 aliphatic carbocycles. The molecule has 0 unspecified atom stereocenters. The zero-order valence-electron chi connectivity index (χ0n) is 11.0. The molecule has 2 rings (SSSR count). The summed E-state index contributed by atoms with van der Waals surface area (Å²) < 4.78 is 27.9. The summed E-state index contributed by atoms with van der Waals surface area (Å²) >= 11 is 3.28. The molecule has 0 spiro atoms. The lowest BCUT2D eigenvalue weighted by Crippen LogP contribution is -2.15. The number of halogens is 1. The lowest BCUT2D eigenvalue weighted by Gasteiger charge is -2.11. The Morgan fingerprint density at radius 3 is 2.50 bits per heavy atom. The van der Waals surface area contributed by atoms with Crippen LogP contribution in [0.3, 0.4) is 0 Å². The molecule has 0 atom stereocenters. The maximum atomic E-state index is 12.3. The van der Waals surface area contributed by atoms with Gasteiger partial charge in [-0.05, 0) is 65.2 Å². The Bertz CT molecular complexity index is 760. The summed E-state index contributed by atoms with van der Waals surface area (Å²) in [5.74, 6) is 0.308. The standard InChI is InChI=1S/C13H14BrN3O2S/c1-8-6-11(3-4-12(8)15)20(18,19)17-13-9(2)5-10(14)7-16-13/h3-7H,15H2,1-2H3,(H,16,17). The van der Waals surface area contributed by atoms with Crippen molar-refractivity contribution < 1.29 is 8.42 Å². The molecule has 0 saturated heterocycles. The van der Waals surface area contributed by atoms with E-state index in [2.05, 4.69) is 25.6 Å². The second-order valence-electron chi connectivity index (χ2n) is 4.44. The van der Waals surface area contributed by atoms with E-state index in [-0.39, 0.29) is 4.90 Å². The minimum Gasteiger partial charge on any atom is -0.399 e. The van der Waals surface area contributed by atoms with Crippen molar-refractivity contribution in [2.75, 3.05) is 10.5 Å². The first-order valence-electron chi connectivity index (χ1n) is 5.81. The fourth-order valence-electron chi connectivity index (χ4n) is 1.65. The van der Waals surface area contributed by atoms with Crippen molar-refractivity contribution in [3.63, 3.8) is 0 Å². The number of anilines is 2. The molecule has 0 radical (unpaired) electrons. The number of nitrogens with one attached hydrogen (secondary N) is 1. The van der Waals surface area contributed by atoms with Crippen molar-refractivity contribution in [2.45, 2.75) is 18.7 Å². The van der Waals surface area contributed by atoms with Gasteiger partial charge in [0, 0.05) is 16.4 Å². The van der Waals surface area contributed by atoms with Crippen LogP contribution in [0.25, 0.3) is 0 Å². The Labute approximate surface area is 126 Å². The summed E-state index contributed by atoms with van der Waals surface area (Å²) in [7, 11) is -3.67. The fourth-order valence-corrected chi connectivity index (χ4v) is 3.26. The van der Waals surface area contributed by atoms with Crippen LogP contribution >= 0.6 is 15.9 Å². The molecule has 2 aromatic rings. The molecule has 0 aliphatic heterocycles. The maximum absolute atomic E-state index is 12.3. The van der Waals surface area contributed by atoms with Crippen LogP contribution in [-0.4, -0.2) is 13.4 Å². The largest absolute Gasteiger partial charge is 0.399 e. The van der Waals surface area contributed by atoms with Gasteiger partial charge in [0.05, 0.1) is 4.90 Å². The van der Waals surface area contributed by atoms with E-state index in [9.17, 15) is 8.42 Å². The first kappa shape index (κ1) is 14.8. The molecule has 0 fully saturated rings. The molecule has 20 heavy (non-hydrogen) atoms. The molecule has 5 nitrogen and oxygen atoms in total. The second-order valence-corrected chi connectivity index (χ2v) is 7.04. The number of aromatic nitrogens is 1. The number of hydrogen-bond acceptors (Lipinski definition) is 4. The average molecular weight is 356 g/mol. The van der Waals surface area contributed by atoms with E-state index >= 15 is 0 Å². The van der Waals surface area contributed by atoms with E-state index in [0.29, 0.717) is 17.1 Å². The van der Waals surface area contributed by atoms with Gasteiger partial charge in [-0.3, -0.25) is 4.72 Å². The van der Waals surface area contributed by atoms with E-state index in [0.717, 1.165) is 10.0 Å². The maximum Gasteiger partial charge on any atom is 0.263 e. The topological polar surface area (TPSA) is 85.1 Å². The number of pyridine rings is 1. The molecule has 1 aromatic heterocycles. The molecule has 3 N–H and O–H groups in total. The SMILES string of the molecule is Cc1cc(S(=O)(=O)Nc2ncc(Br)cc2C)ccc1N. The molecular weight excluding hydrogens is 342 g/mol. The molecule has 0 aliphatic rings. The number of nitrogen functional groups attached to an aromatic ring is 1. The van der Waals surface area contributed by atoms with E-state index in [1.165, 1.54) is 12.1 Å². The predicted octanol–water partition coefficient (Wildman–Crippen LogP) is 2.84. The van der Waals surface area contributed by atoms with E-state index in [1.807, 2.05) is 0 Å². The fraction of sp³-hybridized carbons (Fsp3) is 0.154. The van der Waals surface area contributed by atoms with Gasteiger partial charge in [-0.15, -0.1) is 0 Å². The molecule has 0 amide bonds. The number of hydrogen-bond donors (Lipinski definition) is 2. The lowest BCUT2D eigenvalue weighted by atomic mass is 10.2. The van der Waals surface area contributed by atoms with Crippen molar-refractivity contribution in [1.82, 2.24) is 4.98 Å². The summed E-state index contributed by atoms with van der Waals surface area (Å²) in [5, 5.41) is 0. The zero-order chi connectivity index (χ0) is 14.9. The quantitative estimate of drug-likeness (QED) is 0.829. The molecule has 106 valence electrons. The Balaban J connectivity index is 2.38. The van der Waals surface area contributed by atoms with Crippen molar-refractivity contribution in [3.05, 3.63) is 46.1 Å². The number of nitrogens with two attached hydrogens (primary N) is 1. The Morgan fingerprint density at radius 1 is 1.20 bits per heavy atom. The Morgan fingerprint density at radius 2 is 1.90 bits per heavy atom. The van der Waals surface area contributed by atoms with Crippen molar-refractivity contribution in [1.29, 1.82) is 0 Å². The highest BCUT2D eigenvalue weighted by Gasteiger charge is 2.16. The van der Waals surface area contributed by atoms with Crippen LogP contribution in [-0.2, 0) is 10.0 Å².